The Morgan fingerprint density at radius 2 is 1.92 bits per heavy atom. The van der Waals surface area contributed by atoms with Crippen molar-refractivity contribution in [3.8, 4) is 0 Å². The predicted molar refractivity (Wildman–Crippen MR) is 96.7 cm³/mol. The number of fused-ring (bicyclic) bond motifs is 1. The van der Waals surface area contributed by atoms with Crippen molar-refractivity contribution < 1.29 is 24.2 Å². The zero-order valence-corrected chi connectivity index (χ0v) is 14.8. The molecular formula is C19H24N2O5. The van der Waals surface area contributed by atoms with Crippen LogP contribution in [0.3, 0.4) is 0 Å². The first kappa shape index (κ1) is 19.7. The molecule has 0 saturated carbocycles. The van der Waals surface area contributed by atoms with E-state index >= 15 is 0 Å². The number of aryl methyl sites for hydroxylation is 1. The van der Waals surface area contributed by atoms with E-state index in [0.29, 0.717) is 12.8 Å². The van der Waals surface area contributed by atoms with Crippen molar-refractivity contribution in [2.45, 2.75) is 38.1 Å². The number of carbonyl (C=O) groups excluding carboxylic acids is 2. The van der Waals surface area contributed by atoms with Crippen LogP contribution in [0, 0.1) is 0 Å². The lowest BCUT2D eigenvalue weighted by Crippen LogP contribution is -2.34. The molecule has 0 spiro atoms. The van der Waals surface area contributed by atoms with Crippen molar-refractivity contribution in [1.82, 2.24) is 4.57 Å². The summed E-state index contributed by atoms with van der Waals surface area (Å²) in [7, 11) is 1.94. The number of ketones is 1. The van der Waals surface area contributed by atoms with Gasteiger partial charge in [0.1, 0.15) is 11.8 Å². The molecule has 0 unspecified atom stereocenters. The lowest BCUT2D eigenvalue weighted by Gasteiger charge is -2.11. The number of hydrogen-bond donors (Lipinski definition) is 2. The van der Waals surface area contributed by atoms with E-state index < -0.39 is 18.0 Å². The summed E-state index contributed by atoms with van der Waals surface area (Å²) in [6, 6.07) is 7.12. The molecule has 0 aliphatic carbocycles. The standard InChI is InChI=1S/C19H24N2O5/c1-21-12-13(15-6-2-3-7-17(15)21)11-16(20)19(25)26-10-4-5-14(22)8-9-18(23)24/h2-3,6-7,12,16H,4-5,8-11,20H2,1H3,(H,23,24)/t16-/m1/s1. The van der Waals surface area contributed by atoms with Crippen LogP contribution in [0.4, 0.5) is 0 Å². The molecule has 0 bridgehead atoms. The Balaban J connectivity index is 1.77. The van der Waals surface area contributed by atoms with E-state index in [1.165, 1.54) is 0 Å². The molecule has 1 heterocycles. The second-order valence-corrected chi connectivity index (χ2v) is 6.30. The summed E-state index contributed by atoms with van der Waals surface area (Å²) in [5.74, 6) is -1.65. The van der Waals surface area contributed by atoms with Gasteiger partial charge in [0.15, 0.2) is 0 Å². The number of para-hydroxylation sites is 1. The molecule has 7 nitrogen and oxygen atoms in total. The molecule has 2 rings (SSSR count). The van der Waals surface area contributed by atoms with Crippen molar-refractivity contribution in [2.75, 3.05) is 6.61 Å². The van der Waals surface area contributed by atoms with Crippen molar-refractivity contribution in [3.05, 3.63) is 36.0 Å². The van der Waals surface area contributed by atoms with Crippen LogP contribution >= 0.6 is 0 Å². The fourth-order valence-corrected chi connectivity index (χ4v) is 2.83. The molecule has 0 radical (unpaired) electrons. The minimum absolute atomic E-state index is 0.00384. The molecule has 7 heteroatoms. The number of aromatic nitrogens is 1. The maximum Gasteiger partial charge on any atom is 0.323 e. The minimum Gasteiger partial charge on any atom is -0.481 e. The zero-order chi connectivity index (χ0) is 19.1. The molecule has 0 fully saturated rings. The van der Waals surface area contributed by atoms with Gasteiger partial charge in [-0.3, -0.25) is 14.4 Å². The number of carbonyl (C=O) groups is 3. The van der Waals surface area contributed by atoms with Crippen LogP contribution in [-0.4, -0.2) is 40.0 Å². The maximum atomic E-state index is 12.0. The van der Waals surface area contributed by atoms with Gasteiger partial charge in [-0.25, -0.2) is 0 Å². The Hall–Kier alpha value is -2.67. The molecular weight excluding hydrogens is 336 g/mol. The van der Waals surface area contributed by atoms with Crippen LogP contribution in [0.2, 0.25) is 0 Å². The number of nitrogens with zero attached hydrogens (tertiary/aromatic N) is 1. The summed E-state index contributed by atoms with van der Waals surface area (Å²) in [5, 5.41) is 9.58. The molecule has 0 aliphatic heterocycles. The largest absolute Gasteiger partial charge is 0.481 e. The van der Waals surface area contributed by atoms with E-state index in [0.717, 1.165) is 16.5 Å². The van der Waals surface area contributed by atoms with Gasteiger partial charge in [-0.15, -0.1) is 0 Å². The van der Waals surface area contributed by atoms with Gasteiger partial charge >= 0.3 is 11.9 Å². The summed E-state index contributed by atoms with van der Waals surface area (Å²) in [5.41, 5.74) is 8.01. The van der Waals surface area contributed by atoms with Crippen molar-refractivity contribution in [2.24, 2.45) is 12.8 Å². The van der Waals surface area contributed by atoms with E-state index in [9.17, 15) is 14.4 Å². The first-order valence-electron chi connectivity index (χ1n) is 8.57. The number of carboxylic acid groups (broad SMARTS) is 1. The Labute approximate surface area is 151 Å². The highest BCUT2D eigenvalue weighted by Crippen LogP contribution is 2.21. The highest BCUT2D eigenvalue weighted by atomic mass is 16.5. The van der Waals surface area contributed by atoms with Crippen LogP contribution in [0.25, 0.3) is 10.9 Å². The summed E-state index contributed by atoms with van der Waals surface area (Å²) in [6.45, 7) is 0.0981. The van der Waals surface area contributed by atoms with Gasteiger partial charge in [-0.1, -0.05) is 18.2 Å². The number of esters is 1. The lowest BCUT2D eigenvalue weighted by atomic mass is 10.1. The molecule has 0 amide bonds. The molecule has 26 heavy (non-hydrogen) atoms. The third-order valence-electron chi connectivity index (χ3n) is 4.18. The quantitative estimate of drug-likeness (QED) is 0.494. The van der Waals surface area contributed by atoms with Crippen LogP contribution < -0.4 is 5.73 Å². The van der Waals surface area contributed by atoms with Crippen LogP contribution in [-0.2, 0) is 32.6 Å². The predicted octanol–water partition coefficient (Wildman–Crippen LogP) is 1.81. The van der Waals surface area contributed by atoms with Crippen LogP contribution in [0.15, 0.2) is 30.5 Å². The van der Waals surface area contributed by atoms with Gasteiger partial charge in [0, 0.05) is 43.4 Å². The zero-order valence-electron chi connectivity index (χ0n) is 14.8. The fraction of sp³-hybridized carbons (Fsp3) is 0.421. The van der Waals surface area contributed by atoms with Crippen LogP contribution in [0.5, 0.6) is 0 Å². The highest BCUT2D eigenvalue weighted by Gasteiger charge is 2.18. The molecule has 2 aromatic rings. The number of rotatable bonds is 10. The summed E-state index contributed by atoms with van der Waals surface area (Å²) < 4.78 is 7.12. The fourth-order valence-electron chi connectivity index (χ4n) is 2.83. The summed E-state index contributed by atoms with van der Waals surface area (Å²) in [6.07, 6.45) is 2.72. The minimum atomic E-state index is -0.996. The topological polar surface area (TPSA) is 112 Å². The number of hydrogen-bond acceptors (Lipinski definition) is 5. The maximum absolute atomic E-state index is 12.0. The van der Waals surface area contributed by atoms with Gasteiger partial charge < -0.3 is 20.1 Å². The Kier molecular flexibility index (Phi) is 6.91. The van der Waals surface area contributed by atoms with E-state index in [4.69, 9.17) is 15.6 Å². The molecule has 1 aromatic heterocycles. The van der Waals surface area contributed by atoms with Gasteiger partial charge in [0.25, 0.3) is 0 Å². The third-order valence-corrected chi connectivity index (χ3v) is 4.18. The van der Waals surface area contributed by atoms with Crippen molar-refractivity contribution >= 4 is 28.6 Å². The van der Waals surface area contributed by atoms with Gasteiger partial charge in [0.2, 0.25) is 0 Å². The number of aliphatic carboxylic acids is 1. The number of ether oxygens (including phenoxy) is 1. The SMILES string of the molecule is Cn1cc(C[C@@H](N)C(=O)OCCCC(=O)CCC(=O)O)c2ccccc21. The van der Waals surface area contributed by atoms with E-state index in [2.05, 4.69) is 0 Å². The molecule has 1 aromatic carbocycles. The monoisotopic (exact) mass is 360 g/mol. The smallest absolute Gasteiger partial charge is 0.323 e. The highest BCUT2D eigenvalue weighted by molar-refractivity contribution is 5.85. The number of benzene rings is 1. The Morgan fingerprint density at radius 3 is 2.65 bits per heavy atom. The number of nitrogens with two attached hydrogens (primary N) is 1. The van der Waals surface area contributed by atoms with Gasteiger partial charge in [0.05, 0.1) is 13.0 Å². The van der Waals surface area contributed by atoms with E-state index in [-0.39, 0.29) is 31.7 Å². The Morgan fingerprint density at radius 1 is 1.19 bits per heavy atom. The Bertz CT molecular complexity index is 796. The first-order valence-corrected chi connectivity index (χ1v) is 8.57. The average molecular weight is 360 g/mol. The second-order valence-electron chi connectivity index (χ2n) is 6.30. The molecule has 1 atom stereocenters. The molecule has 0 saturated heterocycles. The average Bonchev–Trinajstić information content (AvgIpc) is 2.93. The van der Waals surface area contributed by atoms with E-state index in [1.807, 2.05) is 42.1 Å². The lowest BCUT2D eigenvalue weighted by molar-refractivity contribution is -0.145. The van der Waals surface area contributed by atoms with Crippen molar-refractivity contribution in [3.63, 3.8) is 0 Å². The molecule has 3 N–H and O–H groups in total. The number of carboxylic acids is 1. The summed E-state index contributed by atoms with van der Waals surface area (Å²) in [4.78, 5) is 33.9. The summed E-state index contributed by atoms with van der Waals surface area (Å²) >= 11 is 0. The van der Waals surface area contributed by atoms with Crippen LogP contribution in [0.1, 0.15) is 31.2 Å². The molecule has 0 aliphatic rings. The number of Topliss-reactive ketones (excluding diaryl/α,β-unsaturated/α-hetero) is 1. The van der Waals surface area contributed by atoms with E-state index in [1.54, 1.807) is 0 Å². The second kappa shape index (κ2) is 9.15. The molecule has 140 valence electrons. The van der Waals surface area contributed by atoms with Gasteiger partial charge in [-0.05, 0) is 18.1 Å². The third kappa shape index (κ3) is 5.42. The normalized spacial score (nSPS) is 12.1. The first-order chi connectivity index (χ1) is 12.4. The van der Waals surface area contributed by atoms with Crippen molar-refractivity contribution in [1.29, 1.82) is 0 Å². The van der Waals surface area contributed by atoms with Gasteiger partial charge in [-0.2, -0.15) is 0 Å².